The lowest BCUT2D eigenvalue weighted by Gasteiger charge is -2.32. The molecule has 0 bridgehead atoms. The van der Waals surface area contributed by atoms with Crippen molar-refractivity contribution in [2.75, 3.05) is 32.8 Å². The Morgan fingerprint density at radius 1 is 1.60 bits per heavy atom. The van der Waals surface area contributed by atoms with Crippen molar-refractivity contribution >= 4 is 21.8 Å². The lowest BCUT2D eigenvalue weighted by atomic mass is 10.2. The highest BCUT2D eigenvalue weighted by Crippen LogP contribution is 2.19. The number of benzene rings is 1. The number of ether oxygens (including phenoxy) is 1. The summed E-state index contributed by atoms with van der Waals surface area (Å²) in [4.78, 5) is 14.3. The van der Waals surface area contributed by atoms with Crippen LogP contribution in [0, 0.1) is 5.82 Å². The molecule has 0 aliphatic carbocycles. The molecule has 1 heterocycles. The van der Waals surface area contributed by atoms with Crippen LogP contribution in [-0.4, -0.2) is 49.7 Å². The molecule has 1 atom stereocenters. The van der Waals surface area contributed by atoms with E-state index < -0.39 is 11.7 Å². The van der Waals surface area contributed by atoms with Crippen LogP contribution in [0.2, 0.25) is 0 Å². The second kappa shape index (κ2) is 7.15. The molecule has 1 N–H and O–H groups in total. The summed E-state index contributed by atoms with van der Waals surface area (Å²) >= 11 is 3.19. The minimum absolute atomic E-state index is 0.0376. The summed E-state index contributed by atoms with van der Waals surface area (Å²) < 4.78 is 19.7. The van der Waals surface area contributed by atoms with Crippen molar-refractivity contribution in [2.45, 2.75) is 13.0 Å². The molecule has 20 heavy (non-hydrogen) atoms. The largest absolute Gasteiger partial charge is 0.374 e. The Bertz CT molecular complexity index is 464. The molecule has 1 amide bonds. The van der Waals surface area contributed by atoms with Crippen LogP contribution in [0.4, 0.5) is 4.39 Å². The minimum Gasteiger partial charge on any atom is -0.374 e. The number of hydrogen-bond donors (Lipinski definition) is 1. The molecule has 1 fully saturated rings. The summed E-state index contributed by atoms with van der Waals surface area (Å²) in [6.07, 6.45) is -0.0433. The van der Waals surface area contributed by atoms with Gasteiger partial charge in [-0.05, 0) is 34.6 Å². The molecule has 110 valence electrons. The van der Waals surface area contributed by atoms with Gasteiger partial charge in [0.05, 0.1) is 18.3 Å². The topological polar surface area (TPSA) is 41.6 Å². The number of hydrogen-bond acceptors (Lipinski definition) is 3. The molecule has 4 nitrogen and oxygen atoms in total. The van der Waals surface area contributed by atoms with Crippen LogP contribution in [0.1, 0.15) is 17.3 Å². The second-order valence-electron chi connectivity index (χ2n) is 4.69. The Morgan fingerprint density at radius 2 is 2.40 bits per heavy atom. The molecular weight excluding hydrogens is 327 g/mol. The van der Waals surface area contributed by atoms with Gasteiger partial charge < -0.3 is 10.1 Å². The Hall–Kier alpha value is -0.980. The van der Waals surface area contributed by atoms with Crippen molar-refractivity contribution in [3.05, 3.63) is 34.1 Å². The van der Waals surface area contributed by atoms with Gasteiger partial charge in [-0.2, -0.15) is 0 Å². The van der Waals surface area contributed by atoms with Crippen LogP contribution in [0.3, 0.4) is 0 Å². The smallest absolute Gasteiger partial charge is 0.255 e. The molecule has 0 spiro atoms. The summed E-state index contributed by atoms with van der Waals surface area (Å²) in [6.45, 7) is 5.81. The van der Waals surface area contributed by atoms with Gasteiger partial charge in [-0.25, -0.2) is 4.39 Å². The number of nitrogens with zero attached hydrogens (tertiary/aromatic N) is 1. The first-order chi connectivity index (χ1) is 9.61. The molecule has 0 aromatic heterocycles. The minimum atomic E-state index is -0.531. The fourth-order valence-corrected chi connectivity index (χ4v) is 2.72. The van der Waals surface area contributed by atoms with Gasteiger partial charge in [0.1, 0.15) is 5.82 Å². The van der Waals surface area contributed by atoms with Gasteiger partial charge in [-0.15, -0.1) is 0 Å². The SMILES string of the molecule is CCN1CCOC(CNC(=O)c2c(F)cccc2Br)C1. The quantitative estimate of drug-likeness (QED) is 0.908. The lowest BCUT2D eigenvalue weighted by molar-refractivity contribution is -0.0246. The van der Waals surface area contributed by atoms with Crippen molar-refractivity contribution in [1.82, 2.24) is 10.2 Å². The molecule has 0 saturated carbocycles. The van der Waals surface area contributed by atoms with Crippen LogP contribution in [0.5, 0.6) is 0 Å². The van der Waals surface area contributed by atoms with Crippen molar-refractivity contribution in [2.24, 2.45) is 0 Å². The van der Waals surface area contributed by atoms with Gasteiger partial charge in [0.2, 0.25) is 0 Å². The second-order valence-corrected chi connectivity index (χ2v) is 5.55. The highest BCUT2D eigenvalue weighted by Gasteiger charge is 2.21. The predicted octanol–water partition coefficient (Wildman–Crippen LogP) is 2.04. The third-order valence-electron chi connectivity index (χ3n) is 3.35. The molecule has 0 radical (unpaired) electrons. The van der Waals surface area contributed by atoms with E-state index in [1.54, 1.807) is 12.1 Å². The van der Waals surface area contributed by atoms with Crippen LogP contribution in [-0.2, 0) is 4.74 Å². The van der Waals surface area contributed by atoms with E-state index in [2.05, 4.69) is 33.1 Å². The number of likely N-dealkylation sites (N-methyl/N-ethyl adjacent to an activating group) is 1. The summed E-state index contributed by atoms with van der Waals surface area (Å²) in [5.74, 6) is -0.955. The standard InChI is InChI=1S/C14H18BrFN2O2/c1-2-18-6-7-20-10(9-18)8-17-14(19)13-11(15)4-3-5-12(13)16/h3-5,10H,2,6-9H2,1H3,(H,17,19). The van der Waals surface area contributed by atoms with E-state index >= 15 is 0 Å². The third kappa shape index (κ3) is 3.77. The Balaban J connectivity index is 1.92. The molecule has 2 rings (SSSR count). The van der Waals surface area contributed by atoms with E-state index in [9.17, 15) is 9.18 Å². The van der Waals surface area contributed by atoms with E-state index in [1.807, 2.05) is 0 Å². The lowest BCUT2D eigenvalue weighted by Crippen LogP contribution is -2.47. The Labute approximate surface area is 126 Å². The highest BCUT2D eigenvalue weighted by molar-refractivity contribution is 9.10. The first-order valence-electron chi connectivity index (χ1n) is 6.68. The fraction of sp³-hybridized carbons (Fsp3) is 0.500. The van der Waals surface area contributed by atoms with Gasteiger partial charge in [0.25, 0.3) is 5.91 Å². The normalized spacial score (nSPS) is 19.9. The van der Waals surface area contributed by atoms with Crippen molar-refractivity contribution in [3.63, 3.8) is 0 Å². The Kier molecular flexibility index (Phi) is 5.51. The zero-order chi connectivity index (χ0) is 14.5. The predicted molar refractivity (Wildman–Crippen MR) is 78.3 cm³/mol. The van der Waals surface area contributed by atoms with Gasteiger partial charge in [0.15, 0.2) is 0 Å². The number of carbonyl (C=O) groups is 1. The van der Waals surface area contributed by atoms with Crippen LogP contribution in [0.15, 0.2) is 22.7 Å². The molecule has 1 aromatic carbocycles. The first kappa shape index (κ1) is 15.4. The van der Waals surface area contributed by atoms with E-state index in [4.69, 9.17) is 4.74 Å². The average Bonchev–Trinajstić information content (AvgIpc) is 2.45. The molecule has 1 aliphatic rings. The molecular formula is C14H18BrFN2O2. The molecule has 1 aromatic rings. The van der Waals surface area contributed by atoms with E-state index in [-0.39, 0.29) is 11.7 Å². The number of nitrogens with one attached hydrogen (secondary N) is 1. The van der Waals surface area contributed by atoms with E-state index in [0.29, 0.717) is 17.6 Å². The maximum atomic E-state index is 13.7. The number of morpholine rings is 1. The summed E-state index contributed by atoms with van der Waals surface area (Å²) in [5, 5.41) is 2.73. The van der Waals surface area contributed by atoms with Gasteiger partial charge in [-0.3, -0.25) is 9.69 Å². The van der Waals surface area contributed by atoms with E-state index in [0.717, 1.165) is 19.6 Å². The molecule has 6 heteroatoms. The van der Waals surface area contributed by atoms with Gasteiger partial charge in [0, 0.05) is 24.1 Å². The Morgan fingerprint density at radius 3 is 3.10 bits per heavy atom. The fourth-order valence-electron chi connectivity index (χ4n) is 2.20. The highest BCUT2D eigenvalue weighted by atomic mass is 79.9. The monoisotopic (exact) mass is 344 g/mol. The molecule has 1 unspecified atom stereocenters. The zero-order valence-electron chi connectivity index (χ0n) is 11.4. The first-order valence-corrected chi connectivity index (χ1v) is 7.47. The van der Waals surface area contributed by atoms with Crippen molar-refractivity contribution in [1.29, 1.82) is 0 Å². The maximum absolute atomic E-state index is 13.7. The number of amides is 1. The summed E-state index contributed by atoms with van der Waals surface area (Å²) in [7, 11) is 0. The van der Waals surface area contributed by atoms with Crippen molar-refractivity contribution in [3.8, 4) is 0 Å². The zero-order valence-corrected chi connectivity index (χ0v) is 13.0. The van der Waals surface area contributed by atoms with Crippen LogP contribution in [0.25, 0.3) is 0 Å². The summed E-state index contributed by atoms with van der Waals surface area (Å²) in [6, 6.07) is 4.48. The average molecular weight is 345 g/mol. The number of carbonyl (C=O) groups excluding carboxylic acids is 1. The van der Waals surface area contributed by atoms with Crippen LogP contribution >= 0.6 is 15.9 Å². The molecule has 1 saturated heterocycles. The number of rotatable bonds is 4. The maximum Gasteiger partial charge on any atom is 0.255 e. The van der Waals surface area contributed by atoms with Gasteiger partial charge >= 0.3 is 0 Å². The molecule has 1 aliphatic heterocycles. The summed E-state index contributed by atoms with van der Waals surface area (Å²) in [5.41, 5.74) is 0.0376. The number of halogens is 2. The van der Waals surface area contributed by atoms with Crippen LogP contribution < -0.4 is 5.32 Å². The van der Waals surface area contributed by atoms with Crippen molar-refractivity contribution < 1.29 is 13.9 Å². The third-order valence-corrected chi connectivity index (χ3v) is 4.01. The van der Waals surface area contributed by atoms with E-state index in [1.165, 1.54) is 6.07 Å². The van der Waals surface area contributed by atoms with Gasteiger partial charge in [-0.1, -0.05) is 13.0 Å².